The Morgan fingerprint density at radius 2 is 1.96 bits per heavy atom. The van der Waals surface area contributed by atoms with E-state index in [2.05, 4.69) is 15.2 Å². The molecule has 1 unspecified atom stereocenters. The third kappa shape index (κ3) is 6.86. The molecule has 1 heterocycles. The molecule has 6 nitrogen and oxygen atoms in total. The number of nitrogens with zero attached hydrogens (tertiary/aromatic N) is 2. The molecule has 1 N–H and O–H groups in total. The lowest BCUT2D eigenvalue weighted by Crippen LogP contribution is -2.46. The van der Waals surface area contributed by atoms with Gasteiger partial charge in [-0.1, -0.05) is 18.2 Å². The molecule has 146 valence electrons. The summed E-state index contributed by atoms with van der Waals surface area (Å²) in [5.74, 6) is 1.18. The molecule has 1 saturated heterocycles. The molecule has 0 aromatic heterocycles. The van der Waals surface area contributed by atoms with Gasteiger partial charge in [-0.2, -0.15) is 0 Å². The van der Waals surface area contributed by atoms with Crippen LogP contribution in [0.5, 0.6) is 0 Å². The van der Waals surface area contributed by atoms with Crippen molar-refractivity contribution in [2.24, 2.45) is 10.9 Å². The third-order valence-corrected chi connectivity index (χ3v) is 5.56. The number of halogens is 1. The van der Waals surface area contributed by atoms with Crippen LogP contribution in [0.1, 0.15) is 19.8 Å². The maximum Gasteiger partial charge on any atom is 0.308 e. The second kappa shape index (κ2) is 12.3. The van der Waals surface area contributed by atoms with E-state index in [9.17, 15) is 9.00 Å². The van der Waals surface area contributed by atoms with Crippen molar-refractivity contribution in [2.75, 3.05) is 39.0 Å². The van der Waals surface area contributed by atoms with E-state index in [1.807, 2.05) is 37.3 Å². The second-order valence-electron chi connectivity index (χ2n) is 5.88. The Labute approximate surface area is 175 Å². The summed E-state index contributed by atoms with van der Waals surface area (Å²) in [7, 11) is 0.401. The smallest absolute Gasteiger partial charge is 0.308 e. The molecule has 0 spiro atoms. The fraction of sp³-hybridized carbons (Fsp3) is 0.556. The Balaban J connectivity index is 0.00000338. The molecule has 26 heavy (non-hydrogen) atoms. The minimum atomic E-state index is -1.04. The van der Waals surface area contributed by atoms with E-state index in [4.69, 9.17) is 4.74 Å². The number of esters is 1. The van der Waals surface area contributed by atoms with Crippen molar-refractivity contribution in [3.63, 3.8) is 0 Å². The average molecular weight is 493 g/mol. The van der Waals surface area contributed by atoms with E-state index in [0.29, 0.717) is 12.3 Å². The number of likely N-dealkylation sites (tertiary alicyclic amines) is 1. The first-order chi connectivity index (χ1) is 12.2. The number of benzene rings is 1. The summed E-state index contributed by atoms with van der Waals surface area (Å²) < 4.78 is 17.1. The molecular formula is C18H28IN3O3S. The molecule has 1 aromatic carbocycles. The monoisotopic (exact) mass is 493 g/mol. The maximum atomic E-state index is 12.3. The first-order valence-corrected chi connectivity index (χ1v) is 10.0. The summed E-state index contributed by atoms with van der Waals surface area (Å²) in [4.78, 5) is 19.2. The number of carbonyl (C=O) groups is 1. The van der Waals surface area contributed by atoms with E-state index in [1.165, 1.54) is 7.11 Å². The Morgan fingerprint density at radius 1 is 1.31 bits per heavy atom. The maximum absolute atomic E-state index is 12.3. The molecule has 0 amide bonds. The van der Waals surface area contributed by atoms with Crippen LogP contribution in [-0.2, 0) is 20.3 Å². The van der Waals surface area contributed by atoms with Crippen LogP contribution in [-0.4, -0.2) is 60.1 Å². The average Bonchev–Trinajstić information content (AvgIpc) is 2.67. The SMILES string of the molecule is CCNC(=NCCS(=O)c1ccccc1)N1CCC(C(=O)OC)CC1.I. The molecule has 0 radical (unpaired) electrons. The molecule has 1 aromatic rings. The molecule has 8 heteroatoms. The quantitative estimate of drug-likeness (QED) is 0.285. The topological polar surface area (TPSA) is 71.0 Å². The molecule has 1 aliphatic rings. The molecule has 0 saturated carbocycles. The van der Waals surface area contributed by atoms with Crippen LogP contribution in [0.25, 0.3) is 0 Å². The predicted octanol–water partition coefficient (Wildman–Crippen LogP) is 2.26. The zero-order valence-corrected chi connectivity index (χ0v) is 18.5. The van der Waals surface area contributed by atoms with Crippen molar-refractivity contribution in [3.05, 3.63) is 30.3 Å². The largest absolute Gasteiger partial charge is 0.469 e. The van der Waals surface area contributed by atoms with Crippen LogP contribution >= 0.6 is 24.0 Å². The molecule has 1 atom stereocenters. The van der Waals surface area contributed by atoms with Crippen molar-refractivity contribution in [3.8, 4) is 0 Å². The highest BCUT2D eigenvalue weighted by Crippen LogP contribution is 2.18. The van der Waals surface area contributed by atoms with Gasteiger partial charge >= 0.3 is 5.97 Å². The lowest BCUT2D eigenvalue weighted by atomic mass is 9.97. The van der Waals surface area contributed by atoms with Gasteiger partial charge in [0.15, 0.2) is 5.96 Å². The molecule has 1 aliphatic heterocycles. The van der Waals surface area contributed by atoms with Gasteiger partial charge in [0.05, 0.1) is 30.4 Å². The van der Waals surface area contributed by atoms with Crippen LogP contribution in [0.15, 0.2) is 40.2 Å². The summed E-state index contributed by atoms with van der Waals surface area (Å²) in [5, 5.41) is 3.28. The lowest BCUT2D eigenvalue weighted by molar-refractivity contribution is -0.146. The highest BCUT2D eigenvalue weighted by atomic mass is 127. The highest BCUT2D eigenvalue weighted by Gasteiger charge is 2.26. The normalized spacial score (nSPS) is 16.5. The lowest BCUT2D eigenvalue weighted by Gasteiger charge is -2.33. The fourth-order valence-electron chi connectivity index (χ4n) is 2.84. The number of carbonyl (C=O) groups excluding carboxylic acids is 1. The summed E-state index contributed by atoms with van der Waals surface area (Å²) in [6.45, 7) is 4.85. The van der Waals surface area contributed by atoms with E-state index in [0.717, 1.165) is 43.3 Å². The molecular weight excluding hydrogens is 465 g/mol. The van der Waals surface area contributed by atoms with Gasteiger partial charge in [0.25, 0.3) is 0 Å². The Hall–Kier alpha value is -1.16. The highest BCUT2D eigenvalue weighted by molar-refractivity contribution is 14.0. The van der Waals surface area contributed by atoms with Crippen molar-refractivity contribution in [2.45, 2.75) is 24.7 Å². The minimum absolute atomic E-state index is 0. The van der Waals surface area contributed by atoms with Crippen LogP contribution in [0.4, 0.5) is 0 Å². The van der Waals surface area contributed by atoms with Gasteiger partial charge in [-0.15, -0.1) is 24.0 Å². The molecule has 0 bridgehead atoms. The van der Waals surface area contributed by atoms with Crippen molar-refractivity contribution in [1.29, 1.82) is 0 Å². The van der Waals surface area contributed by atoms with Gasteiger partial charge in [0, 0.05) is 30.3 Å². The van der Waals surface area contributed by atoms with E-state index >= 15 is 0 Å². The Kier molecular flexibility index (Phi) is 10.8. The fourth-order valence-corrected chi connectivity index (χ4v) is 3.80. The van der Waals surface area contributed by atoms with Gasteiger partial charge < -0.3 is 15.0 Å². The molecule has 0 aliphatic carbocycles. The summed E-state index contributed by atoms with van der Waals surface area (Å²) in [6.07, 6.45) is 1.54. The zero-order valence-electron chi connectivity index (χ0n) is 15.3. The van der Waals surface area contributed by atoms with Crippen molar-refractivity contribution < 1.29 is 13.7 Å². The number of nitrogens with one attached hydrogen (secondary N) is 1. The van der Waals surface area contributed by atoms with Crippen LogP contribution in [0.3, 0.4) is 0 Å². The number of rotatable bonds is 6. The number of methoxy groups -OCH3 is 1. The zero-order chi connectivity index (χ0) is 18.1. The van der Waals surface area contributed by atoms with E-state index in [-0.39, 0.29) is 35.9 Å². The predicted molar refractivity (Wildman–Crippen MR) is 115 cm³/mol. The van der Waals surface area contributed by atoms with Crippen molar-refractivity contribution in [1.82, 2.24) is 10.2 Å². The van der Waals surface area contributed by atoms with Gasteiger partial charge in [-0.3, -0.25) is 14.0 Å². The standard InChI is InChI=1S/C18H27N3O3S.HI/c1-3-19-18(21-12-9-15(10-13-21)17(22)24-2)20-11-14-25(23)16-7-5-4-6-8-16;/h4-8,15H,3,9-14H2,1-2H3,(H,19,20);1H. The van der Waals surface area contributed by atoms with Crippen LogP contribution in [0, 0.1) is 5.92 Å². The van der Waals surface area contributed by atoms with Gasteiger partial charge in [0.1, 0.15) is 0 Å². The second-order valence-corrected chi connectivity index (χ2v) is 7.45. The number of guanidine groups is 1. The van der Waals surface area contributed by atoms with Crippen molar-refractivity contribution >= 4 is 46.7 Å². The first kappa shape index (κ1) is 22.9. The number of hydrogen-bond donors (Lipinski definition) is 1. The van der Waals surface area contributed by atoms with Gasteiger partial charge in [-0.25, -0.2) is 0 Å². The number of ether oxygens (including phenoxy) is 1. The van der Waals surface area contributed by atoms with Gasteiger partial charge in [0.2, 0.25) is 0 Å². The van der Waals surface area contributed by atoms with E-state index in [1.54, 1.807) is 0 Å². The molecule has 2 rings (SSSR count). The number of aliphatic imine (C=N–C) groups is 1. The van der Waals surface area contributed by atoms with Crippen LogP contribution < -0.4 is 5.32 Å². The van der Waals surface area contributed by atoms with Gasteiger partial charge in [-0.05, 0) is 31.9 Å². The summed E-state index contributed by atoms with van der Waals surface area (Å²) in [5.41, 5.74) is 0. The summed E-state index contributed by atoms with van der Waals surface area (Å²) >= 11 is 0. The van der Waals surface area contributed by atoms with E-state index < -0.39 is 10.8 Å². The summed E-state index contributed by atoms with van der Waals surface area (Å²) in [6, 6.07) is 9.46. The van der Waals surface area contributed by atoms with Crippen LogP contribution in [0.2, 0.25) is 0 Å². The number of piperidine rings is 1. The first-order valence-electron chi connectivity index (χ1n) is 8.70. The minimum Gasteiger partial charge on any atom is -0.469 e. The Bertz CT molecular complexity index is 605. The number of hydrogen-bond acceptors (Lipinski definition) is 4. The third-order valence-electron chi connectivity index (χ3n) is 4.21. The molecule has 1 fully saturated rings. The Morgan fingerprint density at radius 3 is 2.54 bits per heavy atom.